The van der Waals surface area contributed by atoms with E-state index in [-0.39, 0.29) is 41.6 Å². The van der Waals surface area contributed by atoms with Gasteiger partial charge in [0.2, 0.25) is 5.91 Å². The first-order valence-corrected chi connectivity index (χ1v) is 8.83. The van der Waals surface area contributed by atoms with Crippen LogP contribution >= 0.6 is 0 Å². The van der Waals surface area contributed by atoms with E-state index in [9.17, 15) is 26.4 Å². The highest BCUT2D eigenvalue weighted by atomic mass is 32.2. The van der Waals surface area contributed by atoms with Gasteiger partial charge in [0.25, 0.3) is 0 Å². The van der Waals surface area contributed by atoms with E-state index in [2.05, 4.69) is 5.32 Å². The third-order valence-corrected chi connectivity index (χ3v) is 5.48. The number of halogens is 3. The summed E-state index contributed by atoms with van der Waals surface area (Å²) in [5, 5.41) is 2.39. The van der Waals surface area contributed by atoms with Crippen molar-refractivity contribution in [1.29, 1.82) is 0 Å². The number of alkyl halides is 3. The van der Waals surface area contributed by atoms with E-state index >= 15 is 0 Å². The fourth-order valence-electron chi connectivity index (χ4n) is 2.55. The standard InChI is InChI=1S/C14H17F3N2O3S/c15-14(16,17)11-3-10(7-18)4-12(6-11)19-13(20)5-9-1-2-23(21,22)8-9/h3-4,6,9H,1-2,5,7-8,18H2,(H,19,20). The average Bonchev–Trinajstić information content (AvgIpc) is 2.76. The minimum Gasteiger partial charge on any atom is -0.326 e. The lowest BCUT2D eigenvalue weighted by molar-refractivity contribution is -0.137. The van der Waals surface area contributed by atoms with Crippen molar-refractivity contribution in [2.75, 3.05) is 16.8 Å². The Kier molecular flexibility index (Phi) is 5.00. The molecule has 1 saturated heterocycles. The van der Waals surface area contributed by atoms with Crippen LogP contribution in [0, 0.1) is 5.92 Å². The maximum absolute atomic E-state index is 12.8. The van der Waals surface area contributed by atoms with E-state index in [1.807, 2.05) is 0 Å². The van der Waals surface area contributed by atoms with Crippen molar-refractivity contribution in [2.24, 2.45) is 11.7 Å². The molecule has 1 aromatic rings. The molecule has 128 valence electrons. The Bertz CT molecular complexity index is 702. The quantitative estimate of drug-likeness (QED) is 0.868. The lowest BCUT2D eigenvalue weighted by atomic mass is 10.0. The molecule has 1 amide bonds. The van der Waals surface area contributed by atoms with Crippen LogP contribution in [0.5, 0.6) is 0 Å². The third-order valence-electron chi connectivity index (χ3n) is 3.64. The summed E-state index contributed by atoms with van der Waals surface area (Å²) in [4.78, 5) is 11.9. The van der Waals surface area contributed by atoms with E-state index in [0.717, 1.165) is 12.1 Å². The first-order chi connectivity index (χ1) is 10.6. The summed E-state index contributed by atoms with van der Waals surface area (Å²) in [6.45, 7) is -0.0896. The second-order valence-corrected chi connectivity index (χ2v) is 7.87. The van der Waals surface area contributed by atoms with Crippen molar-refractivity contribution >= 4 is 21.4 Å². The Hall–Kier alpha value is -1.61. The van der Waals surface area contributed by atoms with E-state index in [1.165, 1.54) is 6.07 Å². The molecule has 1 aromatic carbocycles. The third kappa shape index (κ3) is 4.93. The summed E-state index contributed by atoms with van der Waals surface area (Å²) in [6, 6.07) is 3.14. The normalized spacial score (nSPS) is 20.4. The van der Waals surface area contributed by atoms with Gasteiger partial charge in [0.1, 0.15) is 0 Å². The Labute approximate surface area is 132 Å². The molecule has 3 N–H and O–H groups in total. The maximum Gasteiger partial charge on any atom is 0.416 e. The Morgan fingerprint density at radius 3 is 2.52 bits per heavy atom. The minimum atomic E-state index is -4.54. The van der Waals surface area contributed by atoms with Gasteiger partial charge in [0.05, 0.1) is 17.1 Å². The predicted octanol–water partition coefficient (Wildman–Crippen LogP) is 1.93. The topological polar surface area (TPSA) is 89.3 Å². The Morgan fingerprint density at radius 1 is 1.30 bits per heavy atom. The largest absolute Gasteiger partial charge is 0.416 e. The summed E-state index contributed by atoms with van der Waals surface area (Å²) in [5.74, 6) is -0.808. The van der Waals surface area contributed by atoms with Gasteiger partial charge in [-0.1, -0.05) is 0 Å². The monoisotopic (exact) mass is 350 g/mol. The summed E-state index contributed by atoms with van der Waals surface area (Å²) in [7, 11) is -3.10. The number of amides is 1. The fourth-order valence-corrected chi connectivity index (χ4v) is 4.41. The molecule has 0 bridgehead atoms. The van der Waals surface area contributed by atoms with Crippen LogP contribution < -0.4 is 11.1 Å². The number of hydrogen-bond acceptors (Lipinski definition) is 4. The average molecular weight is 350 g/mol. The second kappa shape index (κ2) is 6.48. The molecule has 0 saturated carbocycles. The zero-order chi connectivity index (χ0) is 17.3. The van der Waals surface area contributed by atoms with Gasteiger partial charge in [-0.05, 0) is 36.1 Å². The molecule has 0 aromatic heterocycles. The number of rotatable bonds is 4. The predicted molar refractivity (Wildman–Crippen MR) is 79.3 cm³/mol. The molecule has 1 aliphatic heterocycles. The van der Waals surface area contributed by atoms with Crippen LogP contribution in [0.2, 0.25) is 0 Å². The smallest absolute Gasteiger partial charge is 0.326 e. The van der Waals surface area contributed by atoms with Gasteiger partial charge in [-0.15, -0.1) is 0 Å². The van der Waals surface area contributed by atoms with Crippen LogP contribution in [-0.4, -0.2) is 25.8 Å². The number of hydrogen-bond donors (Lipinski definition) is 2. The van der Waals surface area contributed by atoms with E-state index in [0.29, 0.717) is 6.42 Å². The van der Waals surface area contributed by atoms with Crippen molar-refractivity contribution in [3.8, 4) is 0 Å². The highest BCUT2D eigenvalue weighted by Crippen LogP contribution is 2.32. The molecule has 0 radical (unpaired) electrons. The van der Waals surface area contributed by atoms with E-state index in [1.54, 1.807) is 0 Å². The van der Waals surface area contributed by atoms with Crippen molar-refractivity contribution in [3.05, 3.63) is 29.3 Å². The summed E-state index contributed by atoms with van der Waals surface area (Å²) in [6.07, 6.45) is -4.18. The molecular formula is C14H17F3N2O3S. The molecule has 0 spiro atoms. The van der Waals surface area contributed by atoms with Crippen molar-refractivity contribution < 1.29 is 26.4 Å². The highest BCUT2D eigenvalue weighted by Gasteiger charge is 2.32. The van der Waals surface area contributed by atoms with Crippen LogP contribution in [0.1, 0.15) is 24.0 Å². The molecular weight excluding hydrogens is 333 g/mol. The van der Waals surface area contributed by atoms with Gasteiger partial charge in [0.15, 0.2) is 9.84 Å². The van der Waals surface area contributed by atoms with E-state index < -0.39 is 27.5 Å². The van der Waals surface area contributed by atoms with Gasteiger partial charge < -0.3 is 11.1 Å². The van der Waals surface area contributed by atoms with Gasteiger partial charge in [-0.2, -0.15) is 13.2 Å². The molecule has 1 fully saturated rings. The van der Waals surface area contributed by atoms with Gasteiger partial charge >= 0.3 is 6.18 Å². The van der Waals surface area contributed by atoms with E-state index in [4.69, 9.17) is 5.73 Å². The van der Waals surface area contributed by atoms with Gasteiger partial charge in [0, 0.05) is 18.7 Å². The number of carbonyl (C=O) groups is 1. The highest BCUT2D eigenvalue weighted by molar-refractivity contribution is 7.91. The van der Waals surface area contributed by atoms with Crippen molar-refractivity contribution in [3.63, 3.8) is 0 Å². The lowest BCUT2D eigenvalue weighted by Crippen LogP contribution is -2.18. The van der Waals surface area contributed by atoms with Crippen LogP contribution in [-0.2, 0) is 27.4 Å². The van der Waals surface area contributed by atoms with Gasteiger partial charge in [-0.25, -0.2) is 8.42 Å². The van der Waals surface area contributed by atoms with Crippen molar-refractivity contribution in [2.45, 2.75) is 25.6 Å². The van der Waals surface area contributed by atoms with Crippen LogP contribution in [0.25, 0.3) is 0 Å². The number of sulfone groups is 1. The molecule has 1 unspecified atom stereocenters. The first-order valence-electron chi connectivity index (χ1n) is 7.00. The van der Waals surface area contributed by atoms with Crippen molar-refractivity contribution in [1.82, 2.24) is 0 Å². The number of nitrogens with two attached hydrogens (primary N) is 1. The first kappa shape index (κ1) is 17.7. The summed E-state index contributed by atoms with van der Waals surface area (Å²) < 4.78 is 61.1. The Balaban J connectivity index is 2.08. The number of anilines is 1. The molecule has 0 aliphatic carbocycles. The Morgan fingerprint density at radius 2 is 2.00 bits per heavy atom. The summed E-state index contributed by atoms with van der Waals surface area (Å²) in [5.41, 5.74) is 4.74. The molecule has 1 atom stereocenters. The fraction of sp³-hybridized carbons (Fsp3) is 0.500. The number of nitrogens with one attached hydrogen (secondary N) is 1. The number of benzene rings is 1. The zero-order valence-electron chi connectivity index (χ0n) is 12.2. The van der Waals surface area contributed by atoms with Crippen LogP contribution in [0.15, 0.2) is 18.2 Å². The number of carbonyl (C=O) groups excluding carboxylic acids is 1. The van der Waals surface area contributed by atoms with Crippen LogP contribution in [0.3, 0.4) is 0 Å². The zero-order valence-corrected chi connectivity index (χ0v) is 13.0. The van der Waals surface area contributed by atoms with Gasteiger partial charge in [-0.3, -0.25) is 4.79 Å². The lowest BCUT2D eigenvalue weighted by Gasteiger charge is -2.13. The maximum atomic E-state index is 12.8. The molecule has 5 nitrogen and oxygen atoms in total. The van der Waals surface area contributed by atoms with Crippen LogP contribution in [0.4, 0.5) is 18.9 Å². The molecule has 9 heteroatoms. The molecule has 23 heavy (non-hydrogen) atoms. The molecule has 2 rings (SSSR count). The summed E-state index contributed by atoms with van der Waals surface area (Å²) >= 11 is 0. The SMILES string of the molecule is NCc1cc(NC(=O)CC2CCS(=O)(=O)C2)cc(C(F)(F)F)c1. The second-order valence-electron chi connectivity index (χ2n) is 5.64. The minimum absolute atomic E-state index is 0.00568. The molecule has 1 heterocycles. The molecule has 1 aliphatic rings.